The van der Waals surface area contributed by atoms with Crippen molar-refractivity contribution < 1.29 is 34.1 Å². The lowest BCUT2D eigenvalue weighted by molar-refractivity contribution is -0.159. The monoisotopic (exact) mass is 359 g/mol. The summed E-state index contributed by atoms with van der Waals surface area (Å²) < 4.78 is 5.01. The summed E-state index contributed by atoms with van der Waals surface area (Å²) in [7, 11) is 1.43. The minimum absolute atomic E-state index is 0.0840. The van der Waals surface area contributed by atoms with Crippen LogP contribution in [0.4, 0.5) is 4.79 Å². The number of hydrogen-bond acceptors (Lipinski definition) is 7. The maximum Gasteiger partial charge on any atom is 0.409 e. The van der Waals surface area contributed by atoms with Gasteiger partial charge in [0.2, 0.25) is 12.3 Å². The number of hydrogen-bond donors (Lipinski definition) is 3. The van der Waals surface area contributed by atoms with Crippen LogP contribution in [0.5, 0.6) is 0 Å². The van der Waals surface area contributed by atoms with Gasteiger partial charge >= 0.3 is 12.1 Å². The summed E-state index contributed by atoms with van der Waals surface area (Å²) in [5.74, 6) is -1.74. The first-order chi connectivity index (χ1) is 11.4. The first kappa shape index (κ1) is 18.1. The molecular formula is C13H17N3O7S. The number of carboxylic acid groups (broad SMARTS) is 1. The summed E-state index contributed by atoms with van der Waals surface area (Å²) in [4.78, 5) is 48.1. The van der Waals surface area contributed by atoms with Gasteiger partial charge in [-0.3, -0.25) is 9.59 Å². The standard InChI is InChI=1S/C13H17N3O7S/c1-15(2-3-17)13(22)23-4-7-5-24-11-8(14-6-18)10(19)16(11)9(7)12(20)21/h5-6,8-9,11,17H,2-4H2,1H3,(H,14,18)(H,20,21)/t8?,9?,11-/m0/s1. The van der Waals surface area contributed by atoms with Gasteiger partial charge in [-0.15, -0.1) is 11.8 Å². The van der Waals surface area contributed by atoms with Crippen LogP contribution in [0.1, 0.15) is 0 Å². The Morgan fingerprint density at radius 3 is 2.83 bits per heavy atom. The van der Waals surface area contributed by atoms with E-state index < -0.39 is 35.4 Å². The Hall–Kier alpha value is -2.27. The first-order valence-electron chi connectivity index (χ1n) is 7.00. The van der Waals surface area contributed by atoms with E-state index in [1.165, 1.54) is 24.2 Å². The third-order valence-corrected chi connectivity index (χ3v) is 4.88. The van der Waals surface area contributed by atoms with E-state index in [0.29, 0.717) is 6.41 Å². The Morgan fingerprint density at radius 2 is 2.25 bits per heavy atom. The predicted octanol–water partition coefficient (Wildman–Crippen LogP) is -1.59. The number of carbonyl (C=O) groups is 4. The number of amides is 3. The number of aliphatic hydroxyl groups is 1. The number of nitrogens with one attached hydrogen (secondary N) is 1. The summed E-state index contributed by atoms with van der Waals surface area (Å²) in [6, 6.07) is -2.00. The van der Waals surface area contributed by atoms with Crippen molar-refractivity contribution >= 4 is 36.1 Å². The SMILES string of the molecule is CN(CCO)C(=O)OCC1=CS[C@H]2C(NC=O)C(=O)N2C1C(=O)O. The molecule has 1 fully saturated rings. The van der Waals surface area contributed by atoms with Crippen molar-refractivity contribution in [2.45, 2.75) is 17.5 Å². The van der Waals surface area contributed by atoms with Crippen molar-refractivity contribution in [3.8, 4) is 0 Å². The molecule has 0 aliphatic carbocycles. The fourth-order valence-corrected chi connectivity index (χ4v) is 3.64. The highest BCUT2D eigenvalue weighted by molar-refractivity contribution is 8.02. The van der Waals surface area contributed by atoms with Crippen molar-refractivity contribution in [2.75, 3.05) is 26.8 Å². The zero-order chi connectivity index (χ0) is 17.9. The molecule has 11 heteroatoms. The third kappa shape index (κ3) is 3.31. The van der Waals surface area contributed by atoms with Gasteiger partial charge < -0.3 is 30.1 Å². The maximum absolute atomic E-state index is 12.0. The molecule has 0 aromatic heterocycles. The van der Waals surface area contributed by atoms with Gasteiger partial charge in [0.05, 0.1) is 6.61 Å². The Bertz CT molecular complexity index is 582. The summed E-state index contributed by atoms with van der Waals surface area (Å²) in [5.41, 5.74) is 0.257. The van der Waals surface area contributed by atoms with Gasteiger partial charge in [0.1, 0.15) is 18.0 Å². The summed E-state index contributed by atoms with van der Waals surface area (Å²) in [5, 5.41) is 21.6. The number of carbonyl (C=O) groups excluding carboxylic acids is 3. The van der Waals surface area contributed by atoms with Crippen LogP contribution in [0.25, 0.3) is 0 Å². The number of fused-ring (bicyclic) bond motifs is 1. The highest BCUT2D eigenvalue weighted by Gasteiger charge is 2.55. The molecule has 0 saturated carbocycles. The molecular weight excluding hydrogens is 342 g/mol. The molecule has 3 N–H and O–H groups in total. The van der Waals surface area contributed by atoms with Crippen LogP contribution in [0.2, 0.25) is 0 Å². The highest BCUT2D eigenvalue weighted by atomic mass is 32.2. The second kappa shape index (κ2) is 7.53. The van der Waals surface area contributed by atoms with Crippen LogP contribution in [0, 0.1) is 0 Å². The second-order valence-corrected chi connectivity index (χ2v) is 6.16. The van der Waals surface area contributed by atoms with Crippen LogP contribution < -0.4 is 5.32 Å². The smallest absolute Gasteiger partial charge is 0.409 e. The minimum Gasteiger partial charge on any atom is -0.479 e. The minimum atomic E-state index is -1.25. The molecule has 24 heavy (non-hydrogen) atoms. The van der Waals surface area contributed by atoms with Gasteiger partial charge in [-0.25, -0.2) is 9.59 Å². The number of ether oxygens (including phenoxy) is 1. The lowest BCUT2D eigenvalue weighted by Crippen LogP contribution is -2.73. The molecule has 0 radical (unpaired) electrons. The molecule has 0 aromatic carbocycles. The van der Waals surface area contributed by atoms with Gasteiger partial charge in [-0.05, 0) is 5.41 Å². The lowest BCUT2D eigenvalue weighted by atomic mass is 9.98. The molecule has 2 aliphatic rings. The van der Waals surface area contributed by atoms with Gasteiger partial charge in [0.25, 0.3) is 0 Å². The average molecular weight is 359 g/mol. The van der Waals surface area contributed by atoms with Crippen molar-refractivity contribution in [1.29, 1.82) is 0 Å². The second-order valence-electron chi connectivity index (χ2n) is 5.17. The molecule has 0 spiro atoms. The van der Waals surface area contributed by atoms with E-state index in [-0.39, 0.29) is 25.3 Å². The zero-order valence-corrected chi connectivity index (χ0v) is 13.6. The van der Waals surface area contributed by atoms with Gasteiger partial charge in [0, 0.05) is 19.2 Å². The summed E-state index contributed by atoms with van der Waals surface area (Å²) in [6.45, 7) is -0.432. The van der Waals surface area contributed by atoms with Crippen LogP contribution in [-0.2, 0) is 19.1 Å². The molecule has 2 unspecified atom stereocenters. The van der Waals surface area contributed by atoms with Crippen molar-refractivity contribution in [1.82, 2.24) is 15.1 Å². The summed E-state index contributed by atoms with van der Waals surface area (Å²) in [6.07, 6.45) is -0.314. The molecule has 132 valence electrons. The van der Waals surface area contributed by atoms with Crippen LogP contribution in [0.3, 0.4) is 0 Å². The van der Waals surface area contributed by atoms with E-state index in [9.17, 15) is 24.3 Å². The number of rotatable bonds is 7. The van der Waals surface area contributed by atoms with E-state index in [1.807, 2.05) is 0 Å². The van der Waals surface area contributed by atoms with E-state index in [4.69, 9.17) is 9.84 Å². The fourth-order valence-electron chi connectivity index (χ4n) is 2.42. The number of carboxylic acids is 1. The predicted molar refractivity (Wildman–Crippen MR) is 81.8 cm³/mol. The lowest BCUT2D eigenvalue weighted by Gasteiger charge is -2.50. The number of likely N-dealkylation sites (N-methyl/N-ethyl adjacent to an activating group) is 1. The molecule has 0 bridgehead atoms. The third-order valence-electron chi connectivity index (χ3n) is 3.66. The molecule has 2 aliphatic heterocycles. The number of β-lactam (4-membered cyclic amide) rings is 1. The van der Waals surface area contributed by atoms with Gasteiger partial charge in [-0.2, -0.15) is 0 Å². The van der Waals surface area contributed by atoms with Crippen molar-refractivity contribution in [2.24, 2.45) is 0 Å². The Balaban J connectivity index is 2.06. The van der Waals surface area contributed by atoms with E-state index in [0.717, 1.165) is 9.80 Å². The molecule has 0 aromatic rings. The Morgan fingerprint density at radius 1 is 1.54 bits per heavy atom. The molecule has 3 atom stereocenters. The van der Waals surface area contributed by atoms with Gasteiger partial charge in [0.15, 0.2) is 6.04 Å². The highest BCUT2D eigenvalue weighted by Crippen LogP contribution is 2.39. The number of aliphatic hydroxyl groups excluding tert-OH is 1. The molecule has 3 amide bonds. The first-order valence-corrected chi connectivity index (χ1v) is 7.94. The summed E-state index contributed by atoms with van der Waals surface area (Å²) >= 11 is 1.18. The van der Waals surface area contributed by atoms with E-state index in [2.05, 4.69) is 5.32 Å². The zero-order valence-electron chi connectivity index (χ0n) is 12.7. The normalized spacial score (nSPS) is 25.1. The largest absolute Gasteiger partial charge is 0.479 e. The fraction of sp³-hybridized carbons (Fsp3) is 0.538. The van der Waals surface area contributed by atoms with Crippen LogP contribution in [-0.4, -0.2) is 88.7 Å². The Kier molecular flexibility index (Phi) is 5.67. The van der Waals surface area contributed by atoms with Crippen LogP contribution in [0.15, 0.2) is 11.0 Å². The maximum atomic E-state index is 12.0. The number of thioether (sulfide) groups is 1. The molecule has 10 nitrogen and oxygen atoms in total. The van der Waals surface area contributed by atoms with Crippen LogP contribution >= 0.6 is 11.8 Å². The topological polar surface area (TPSA) is 136 Å². The van der Waals surface area contributed by atoms with E-state index in [1.54, 1.807) is 0 Å². The molecule has 2 rings (SSSR count). The quantitative estimate of drug-likeness (QED) is 0.366. The Labute approximate surface area is 141 Å². The van der Waals surface area contributed by atoms with Gasteiger partial charge in [-0.1, -0.05) is 0 Å². The van der Waals surface area contributed by atoms with Crippen molar-refractivity contribution in [3.05, 3.63) is 11.0 Å². The molecule has 2 heterocycles. The number of aliphatic carboxylic acids is 1. The van der Waals surface area contributed by atoms with Crippen molar-refractivity contribution in [3.63, 3.8) is 0 Å². The molecule has 1 saturated heterocycles. The average Bonchev–Trinajstić information content (AvgIpc) is 2.56. The van der Waals surface area contributed by atoms with E-state index >= 15 is 0 Å². The number of nitrogens with zero attached hydrogens (tertiary/aromatic N) is 2.